The minimum absolute atomic E-state index is 0.0101. The summed E-state index contributed by atoms with van der Waals surface area (Å²) in [6.07, 6.45) is 4.88. The first-order valence-electron chi connectivity index (χ1n) is 17.1. The minimum Gasteiger partial charge on any atom is -0.508 e. The number of methoxy groups -OCH3 is 1. The quantitative estimate of drug-likeness (QED) is 0.201. The van der Waals surface area contributed by atoms with Crippen LogP contribution in [0.2, 0.25) is 0 Å². The zero-order valence-electron chi connectivity index (χ0n) is 28.2. The van der Waals surface area contributed by atoms with Crippen LogP contribution in [0.4, 0.5) is 20.4 Å². The molecule has 8 rings (SSSR count). The summed E-state index contributed by atoms with van der Waals surface area (Å²) in [6, 6.07) is 9.24. The summed E-state index contributed by atoms with van der Waals surface area (Å²) in [7, 11) is 1.73. The second-order valence-corrected chi connectivity index (χ2v) is 13.4. The lowest BCUT2D eigenvalue weighted by molar-refractivity contribution is 0.0997. The van der Waals surface area contributed by atoms with Gasteiger partial charge < -0.3 is 30.0 Å². The van der Waals surface area contributed by atoms with E-state index in [-0.39, 0.29) is 64.1 Å². The van der Waals surface area contributed by atoms with Gasteiger partial charge in [-0.1, -0.05) is 19.1 Å². The molecular weight excluding hydrogens is 644 g/mol. The molecule has 3 aromatic heterocycles. The number of hydrogen-bond donors (Lipinski definition) is 2. The summed E-state index contributed by atoms with van der Waals surface area (Å²) in [5.41, 5.74) is 7.29. The summed E-state index contributed by atoms with van der Waals surface area (Å²) in [5.74, 6) is -0.426. The highest BCUT2D eigenvalue weighted by atomic mass is 19.1. The third-order valence-corrected chi connectivity index (χ3v) is 10.7. The van der Waals surface area contributed by atoms with Crippen LogP contribution in [-0.2, 0) is 11.2 Å². The number of nitrogen functional groups attached to an aromatic ring is 1. The normalized spacial score (nSPS) is 21.0. The lowest BCUT2D eigenvalue weighted by Gasteiger charge is -2.32. The molecule has 3 aliphatic rings. The number of nitrogens with two attached hydrogens (primary N) is 1. The molecular formula is C37H39F2N7O4. The summed E-state index contributed by atoms with van der Waals surface area (Å²) in [4.78, 5) is 23.0. The molecule has 1 unspecified atom stereocenters. The molecule has 2 saturated heterocycles. The van der Waals surface area contributed by atoms with Crippen molar-refractivity contribution >= 4 is 33.3 Å². The fraction of sp³-hybridized carbons (Fsp3) is 0.405. The van der Waals surface area contributed by atoms with Gasteiger partial charge in [-0.05, 0) is 79.8 Å². The van der Waals surface area contributed by atoms with Crippen molar-refractivity contribution < 1.29 is 28.1 Å². The second kappa shape index (κ2) is 12.5. The van der Waals surface area contributed by atoms with Gasteiger partial charge in [0.1, 0.15) is 53.0 Å². The van der Waals surface area contributed by atoms with E-state index in [1.54, 1.807) is 19.4 Å². The number of benzene rings is 2. The van der Waals surface area contributed by atoms with Crippen molar-refractivity contribution in [2.45, 2.75) is 57.2 Å². The molecule has 6 heterocycles. The third-order valence-electron chi connectivity index (χ3n) is 10.7. The van der Waals surface area contributed by atoms with E-state index in [2.05, 4.69) is 14.9 Å². The third kappa shape index (κ3) is 5.21. The number of ether oxygens (including phenoxy) is 3. The Hall–Kier alpha value is -4.88. The van der Waals surface area contributed by atoms with Crippen molar-refractivity contribution in [3.63, 3.8) is 0 Å². The highest BCUT2D eigenvalue weighted by molar-refractivity contribution is 6.03. The van der Waals surface area contributed by atoms with Crippen molar-refractivity contribution in [3.8, 4) is 28.9 Å². The molecule has 0 bridgehead atoms. The molecule has 0 radical (unpaired) electrons. The van der Waals surface area contributed by atoms with Crippen molar-refractivity contribution in [3.05, 3.63) is 65.4 Å². The maximum atomic E-state index is 17.2. The van der Waals surface area contributed by atoms with E-state index in [1.165, 1.54) is 18.2 Å². The molecule has 0 saturated carbocycles. The number of anilines is 2. The van der Waals surface area contributed by atoms with Crippen LogP contribution in [0.15, 0.2) is 42.6 Å². The molecule has 3 N–H and O–H groups in total. The van der Waals surface area contributed by atoms with Gasteiger partial charge in [0.15, 0.2) is 5.82 Å². The van der Waals surface area contributed by atoms with Crippen LogP contribution in [-0.4, -0.2) is 81.5 Å². The fourth-order valence-corrected chi connectivity index (χ4v) is 8.19. The molecule has 0 amide bonds. The number of hydrogen-bond acceptors (Lipinski definition) is 11. The largest absolute Gasteiger partial charge is 0.508 e. The molecule has 5 aromatic rings. The molecule has 2 fully saturated rings. The van der Waals surface area contributed by atoms with Gasteiger partial charge in [-0.3, -0.25) is 4.90 Å². The van der Waals surface area contributed by atoms with Gasteiger partial charge in [0.05, 0.1) is 24.2 Å². The Morgan fingerprint density at radius 2 is 2.00 bits per heavy atom. The van der Waals surface area contributed by atoms with Crippen LogP contribution in [0, 0.1) is 11.6 Å². The number of halogens is 2. The first-order chi connectivity index (χ1) is 24.2. The second-order valence-electron chi connectivity index (χ2n) is 13.4. The lowest BCUT2D eigenvalue weighted by atomic mass is 9.94. The standard InChI is InChI=1S/C37H39F2N7O4/c1-4-24-27(38)9-8-21-15-22(47)16-26(28(21)24)31-30(39)32-29-34(44-36(43-32)50-19-37-10-6-12-45(37)18-23(17-37)48-3)46(13-14-49-35(29)42-31)20(2)25-7-5-11-41-33(25)40/h5,7-9,11,15-16,20,23,47H,4,6,10,12-14,17-19H2,1-3H3,(H2,40,41)/t20?,23-,37+/m1/s1. The summed E-state index contributed by atoms with van der Waals surface area (Å²) < 4.78 is 50.8. The Balaban J connectivity index is 1.33. The van der Waals surface area contributed by atoms with E-state index in [0.717, 1.165) is 37.9 Å². The van der Waals surface area contributed by atoms with Gasteiger partial charge in [-0.2, -0.15) is 9.97 Å². The summed E-state index contributed by atoms with van der Waals surface area (Å²) in [5, 5.41) is 12.0. The molecule has 3 atom stereocenters. The van der Waals surface area contributed by atoms with Crippen molar-refractivity contribution in [1.82, 2.24) is 24.8 Å². The Kier molecular flexibility index (Phi) is 8.06. The van der Waals surface area contributed by atoms with Gasteiger partial charge in [-0.15, -0.1) is 0 Å². The monoisotopic (exact) mass is 683 g/mol. The lowest BCUT2D eigenvalue weighted by Crippen LogP contribution is -2.43. The Labute approximate surface area is 288 Å². The smallest absolute Gasteiger partial charge is 0.319 e. The maximum absolute atomic E-state index is 17.2. The van der Waals surface area contributed by atoms with Gasteiger partial charge in [-0.25, -0.2) is 18.7 Å². The fourth-order valence-electron chi connectivity index (χ4n) is 8.19. The minimum atomic E-state index is -0.768. The van der Waals surface area contributed by atoms with E-state index in [0.29, 0.717) is 47.5 Å². The van der Waals surface area contributed by atoms with Crippen LogP contribution in [0.5, 0.6) is 17.6 Å². The SMILES string of the molecule is CCc1c(F)ccc2cc(O)cc(-c3nc4c5c(nc(OC[C@@]67CCCN6C[C@H](OC)C7)nc5c3F)N(C(C)c3cccnc3N)CCO4)c12. The van der Waals surface area contributed by atoms with Gasteiger partial charge >= 0.3 is 6.01 Å². The number of aromatic hydroxyl groups is 1. The highest BCUT2D eigenvalue weighted by Gasteiger charge is 2.49. The molecule has 11 nitrogen and oxygen atoms in total. The Morgan fingerprint density at radius 3 is 2.80 bits per heavy atom. The van der Waals surface area contributed by atoms with E-state index in [4.69, 9.17) is 29.9 Å². The van der Waals surface area contributed by atoms with Crippen LogP contribution in [0.1, 0.15) is 50.3 Å². The maximum Gasteiger partial charge on any atom is 0.319 e. The summed E-state index contributed by atoms with van der Waals surface area (Å²) >= 11 is 0. The van der Waals surface area contributed by atoms with Gasteiger partial charge in [0.2, 0.25) is 5.88 Å². The molecule has 0 spiro atoms. The van der Waals surface area contributed by atoms with Crippen molar-refractivity contribution in [2.24, 2.45) is 0 Å². The molecule has 260 valence electrons. The molecule has 3 aliphatic heterocycles. The Morgan fingerprint density at radius 1 is 1.14 bits per heavy atom. The van der Waals surface area contributed by atoms with E-state index in [9.17, 15) is 5.11 Å². The molecule has 13 heteroatoms. The zero-order valence-corrected chi connectivity index (χ0v) is 28.2. The number of nitrogens with zero attached hydrogens (tertiary/aromatic N) is 6. The van der Waals surface area contributed by atoms with Gasteiger partial charge in [0.25, 0.3) is 0 Å². The highest BCUT2D eigenvalue weighted by Crippen LogP contribution is 2.45. The number of fused-ring (bicyclic) bond motifs is 2. The predicted molar refractivity (Wildman–Crippen MR) is 186 cm³/mol. The van der Waals surface area contributed by atoms with E-state index in [1.807, 2.05) is 30.9 Å². The van der Waals surface area contributed by atoms with Crippen LogP contribution in [0.25, 0.3) is 32.9 Å². The topological polar surface area (TPSA) is 132 Å². The molecule has 0 aliphatic carbocycles. The first-order valence-corrected chi connectivity index (χ1v) is 17.1. The van der Waals surface area contributed by atoms with Crippen LogP contribution >= 0.6 is 0 Å². The predicted octanol–water partition coefficient (Wildman–Crippen LogP) is 5.96. The number of rotatable bonds is 8. The van der Waals surface area contributed by atoms with E-state index >= 15 is 8.78 Å². The molecule has 50 heavy (non-hydrogen) atoms. The average Bonchev–Trinajstić information content (AvgIpc) is 3.60. The molecule has 2 aromatic carbocycles. The Bertz CT molecular complexity index is 2130. The first kappa shape index (κ1) is 32.3. The van der Waals surface area contributed by atoms with Crippen LogP contribution in [0.3, 0.4) is 0 Å². The zero-order chi connectivity index (χ0) is 34.7. The van der Waals surface area contributed by atoms with E-state index < -0.39 is 11.6 Å². The number of phenolic OH excluding ortho intramolecular Hbond substituents is 1. The van der Waals surface area contributed by atoms with Crippen molar-refractivity contribution in [1.29, 1.82) is 0 Å². The average molecular weight is 684 g/mol. The number of pyridine rings is 2. The van der Waals surface area contributed by atoms with Crippen LogP contribution < -0.4 is 20.1 Å². The van der Waals surface area contributed by atoms with Gasteiger partial charge in [0, 0.05) is 31.0 Å². The number of aromatic nitrogens is 4. The number of phenols is 1. The summed E-state index contributed by atoms with van der Waals surface area (Å²) in [6.45, 7) is 6.44. The van der Waals surface area contributed by atoms with Crippen molar-refractivity contribution in [2.75, 3.05) is 50.6 Å². The number of aryl methyl sites for hydroxylation is 1.